The molecule has 0 heterocycles. The topological polar surface area (TPSA) is 81.4 Å². The monoisotopic (exact) mass is 286 g/mol. The van der Waals surface area contributed by atoms with E-state index in [1.165, 1.54) is 0 Å². The van der Waals surface area contributed by atoms with Gasteiger partial charge in [-0.25, -0.2) is 5.48 Å². The number of rotatable bonds is 5. The quantitative estimate of drug-likeness (QED) is 0.775. The molecule has 3 N–H and O–H groups in total. The van der Waals surface area contributed by atoms with Crippen LogP contribution in [0.15, 0.2) is 28.7 Å². The highest BCUT2D eigenvalue weighted by molar-refractivity contribution is 9.10. The molecule has 0 saturated carbocycles. The highest BCUT2D eigenvalue weighted by Crippen LogP contribution is 2.11. The first-order valence-electron chi connectivity index (χ1n) is 4.51. The molecule has 86 valence electrons. The van der Waals surface area contributed by atoms with Gasteiger partial charge in [0.1, 0.15) is 0 Å². The lowest BCUT2D eigenvalue weighted by molar-refractivity contribution is -0.137. The number of carbonyl (C=O) groups excluding carboxylic acids is 2. The van der Waals surface area contributed by atoms with Gasteiger partial charge in [-0.1, -0.05) is 28.1 Å². The van der Waals surface area contributed by atoms with Gasteiger partial charge in [-0.05, 0) is 17.7 Å². The number of carbonyl (C=O) groups is 2. The van der Waals surface area contributed by atoms with E-state index in [1.807, 2.05) is 24.3 Å². The average Bonchev–Trinajstić information content (AvgIpc) is 2.16. The molecule has 0 spiro atoms. The van der Waals surface area contributed by atoms with Crippen LogP contribution in [-0.2, 0) is 20.8 Å². The van der Waals surface area contributed by atoms with Gasteiger partial charge < -0.3 is 5.73 Å². The van der Waals surface area contributed by atoms with Gasteiger partial charge in [-0.2, -0.15) is 0 Å². The van der Waals surface area contributed by atoms with Crippen LogP contribution in [0.25, 0.3) is 0 Å². The fourth-order valence-corrected chi connectivity index (χ4v) is 1.50. The third-order valence-corrected chi connectivity index (χ3v) is 2.15. The molecule has 6 heteroatoms. The molecule has 0 aliphatic heterocycles. The summed E-state index contributed by atoms with van der Waals surface area (Å²) < 4.78 is 0.899. The summed E-state index contributed by atoms with van der Waals surface area (Å²) in [5, 5.41) is 0. The molecule has 0 fully saturated rings. The van der Waals surface area contributed by atoms with Crippen molar-refractivity contribution in [2.24, 2.45) is 5.73 Å². The van der Waals surface area contributed by atoms with Crippen molar-refractivity contribution in [1.29, 1.82) is 0 Å². The molecule has 0 radical (unpaired) electrons. The lowest BCUT2D eigenvalue weighted by atomic mass is 10.1. The molecule has 0 unspecified atom stereocenters. The van der Waals surface area contributed by atoms with E-state index in [0.717, 1.165) is 10.0 Å². The van der Waals surface area contributed by atoms with E-state index in [1.54, 1.807) is 0 Å². The van der Waals surface area contributed by atoms with Crippen LogP contribution in [0.4, 0.5) is 0 Å². The number of halogens is 1. The normalized spacial score (nSPS) is 9.81. The van der Waals surface area contributed by atoms with Crippen molar-refractivity contribution in [1.82, 2.24) is 5.48 Å². The number of amides is 2. The Labute approximate surface area is 101 Å². The first-order chi connectivity index (χ1) is 7.58. The fourth-order valence-electron chi connectivity index (χ4n) is 1.06. The van der Waals surface area contributed by atoms with Gasteiger partial charge in [0.15, 0.2) is 6.61 Å². The summed E-state index contributed by atoms with van der Waals surface area (Å²) in [6.45, 7) is -0.329. The Kier molecular flexibility index (Phi) is 4.94. The van der Waals surface area contributed by atoms with Crippen molar-refractivity contribution < 1.29 is 14.4 Å². The van der Waals surface area contributed by atoms with E-state index in [4.69, 9.17) is 5.73 Å². The van der Waals surface area contributed by atoms with Crippen LogP contribution in [0.1, 0.15) is 5.56 Å². The first kappa shape index (κ1) is 12.7. The number of nitrogens with two attached hydrogens (primary N) is 1. The van der Waals surface area contributed by atoms with Crippen LogP contribution < -0.4 is 11.2 Å². The number of hydrogen-bond donors (Lipinski definition) is 2. The Bertz CT molecular complexity index is 395. The SMILES string of the molecule is NC(=O)CONC(=O)Cc1cccc(Br)c1. The maximum atomic E-state index is 11.3. The minimum Gasteiger partial charge on any atom is -0.368 e. The molecule has 1 rings (SSSR count). The number of benzene rings is 1. The van der Waals surface area contributed by atoms with Crippen LogP contribution in [-0.4, -0.2) is 18.4 Å². The van der Waals surface area contributed by atoms with E-state index in [2.05, 4.69) is 26.2 Å². The van der Waals surface area contributed by atoms with Crippen LogP contribution in [0.3, 0.4) is 0 Å². The zero-order valence-electron chi connectivity index (χ0n) is 8.40. The predicted molar refractivity (Wildman–Crippen MR) is 61.1 cm³/mol. The largest absolute Gasteiger partial charge is 0.368 e. The maximum Gasteiger partial charge on any atom is 0.247 e. The van der Waals surface area contributed by atoms with E-state index >= 15 is 0 Å². The molecule has 16 heavy (non-hydrogen) atoms. The summed E-state index contributed by atoms with van der Waals surface area (Å²) in [5.74, 6) is -0.970. The highest BCUT2D eigenvalue weighted by atomic mass is 79.9. The van der Waals surface area contributed by atoms with Gasteiger partial charge in [-0.3, -0.25) is 14.4 Å². The summed E-state index contributed by atoms with van der Waals surface area (Å²) in [4.78, 5) is 26.2. The van der Waals surface area contributed by atoms with Crippen molar-refractivity contribution in [3.63, 3.8) is 0 Å². The first-order valence-corrected chi connectivity index (χ1v) is 5.30. The molecule has 1 aromatic rings. The molecular weight excluding hydrogens is 276 g/mol. The predicted octanol–water partition coefficient (Wildman–Crippen LogP) is 0.525. The third kappa shape index (κ3) is 4.90. The maximum absolute atomic E-state index is 11.3. The van der Waals surface area contributed by atoms with Crippen LogP contribution in [0.5, 0.6) is 0 Å². The van der Waals surface area contributed by atoms with Crippen molar-refractivity contribution in [2.75, 3.05) is 6.61 Å². The summed E-state index contributed by atoms with van der Waals surface area (Å²) in [5.41, 5.74) is 7.80. The number of hydroxylamine groups is 1. The summed E-state index contributed by atoms with van der Waals surface area (Å²) >= 11 is 3.30. The zero-order valence-corrected chi connectivity index (χ0v) is 9.99. The number of hydrogen-bond acceptors (Lipinski definition) is 3. The van der Waals surface area contributed by atoms with Crippen LogP contribution in [0.2, 0.25) is 0 Å². The van der Waals surface area contributed by atoms with Gasteiger partial charge >= 0.3 is 0 Å². The average molecular weight is 287 g/mol. The van der Waals surface area contributed by atoms with Gasteiger partial charge in [0.25, 0.3) is 0 Å². The minimum absolute atomic E-state index is 0.179. The Morgan fingerprint density at radius 3 is 2.81 bits per heavy atom. The Morgan fingerprint density at radius 1 is 1.44 bits per heavy atom. The molecule has 5 nitrogen and oxygen atoms in total. The third-order valence-electron chi connectivity index (χ3n) is 1.65. The molecule has 1 aromatic carbocycles. The van der Waals surface area contributed by atoms with Crippen molar-refractivity contribution in [2.45, 2.75) is 6.42 Å². The molecule has 0 bridgehead atoms. The molecule has 0 aliphatic rings. The fraction of sp³-hybridized carbons (Fsp3) is 0.200. The zero-order chi connectivity index (χ0) is 12.0. The summed E-state index contributed by atoms with van der Waals surface area (Å²) in [6, 6.07) is 7.34. The lowest BCUT2D eigenvalue weighted by Crippen LogP contribution is -2.30. The minimum atomic E-state index is -0.636. The van der Waals surface area contributed by atoms with E-state index in [-0.39, 0.29) is 18.9 Å². The number of primary amides is 1. The van der Waals surface area contributed by atoms with Crippen LogP contribution in [0, 0.1) is 0 Å². The summed E-state index contributed by atoms with van der Waals surface area (Å²) in [6.07, 6.45) is 0.179. The highest BCUT2D eigenvalue weighted by Gasteiger charge is 2.04. The molecule has 0 aromatic heterocycles. The van der Waals surface area contributed by atoms with E-state index in [0.29, 0.717) is 0 Å². The molecule has 0 atom stereocenters. The van der Waals surface area contributed by atoms with Gasteiger partial charge in [0.05, 0.1) is 6.42 Å². The van der Waals surface area contributed by atoms with Crippen molar-refractivity contribution >= 4 is 27.7 Å². The van der Waals surface area contributed by atoms with Gasteiger partial charge in [0.2, 0.25) is 11.8 Å². The second-order valence-electron chi connectivity index (χ2n) is 3.09. The Hall–Kier alpha value is -1.40. The lowest BCUT2D eigenvalue weighted by Gasteiger charge is -2.04. The molecule has 0 aliphatic carbocycles. The molecule has 2 amide bonds. The standard InChI is InChI=1S/C10H11BrN2O3/c11-8-3-1-2-7(4-8)5-10(15)13-16-6-9(12)14/h1-4H,5-6H2,(H2,12,14)(H,13,15). The van der Waals surface area contributed by atoms with Gasteiger partial charge in [-0.15, -0.1) is 0 Å². The van der Waals surface area contributed by atoms with Crippen molar-refractivity contribution in [3.8, 4) is 0 Å². The molecular formula is C10H11BrN2O3. The van der Waals surface area contributed by atoms with Gasteiger partial charge in [0, 0.05) is 4.47 Å². The smallest absolute Gasteiger partial charge is 0.247 e. The number of nitrogens with one attached hydrogen (secondary N) is 1. The molecule has 0 saturated heterocycles. The Morgan fingerprint density at radius 2 is 2.19 bits per heavy atom. The van der Waals surface area contributed by atoms with Crippen LogP contribution >= 0.6 is 15.9 Å². The van der Waals surface area contributed by atoms with E-state index in [9.17, 15) is 9.59 Å². The van der Waals surface area contributed by atoms with E-state index < -0.39 is 5.91 Å². The van der Waals surface area contributed by atoms with Crippen molar-refractivity contribution in [3.05, 3.63) is 34.3 Å². The second-order valence-corrected chi connectivity index (χ2v) is 4.00. The summed E-state index contributed by atoms with van der Waals surface area (Å²) in [7, 11) is 0. The second kappa shape index (κ2) is 6.24. The Balaban J connectivity index is 2.37.